The van der Waals surface area contributed by atoms with E-state index in [4.69, 9.17) is 4.74 Å². The fraction of sp³-hybridized carbons (Fsp3) is 0.400. The number of benzene rings is 1. The van der Waals surface area contributed by atoms with Crippen LogP contribution in [-0.4, -0.2) is 39.1 Å². The Hall–Kier alpha value is -3.36. The van der Waals surface area contributed by atoms with E-state index in [-0.39, 0.29) is 23.3 Å². The average Bonchev–Trinajstić information content (AvgIpc) is 3.04. The first-order valence-electron chi connectivity index (χ1n) is 9.35. The molecule has 29 heavy (non-hydrogen) atoms. The molecule has 1 aliphatic heterocycles. The van der Waals surface area contributed by atoms with E-state index >= 15 is 0 Å². The SMILES string of the molecule is C[C@H]1Cn2cnc(C(=O)Nc3ccc(CNC(=O)OC(C)(C)C)cc3)c2C(=O)N1. The fourth-order valence-corrected chi connectivity index (χ4v) is 2.94. The van der Waals surface area contributed by atoms with E-state index in [0.717, 1.165) is 5.56 Å². The molecular formula is C20H25N5O4. The van der Waals surface area contributed by atoms with Gasteiger partial charge in [-0.25, -0.2) is 9.78 Å². The van der Waals surface area contributed by atoms with Crippen molar-refractivity contribution >= 4 is 23.6 Å². The molecule has 0 radical (unpaired) electrons. The van der Waals surface area contributed by atoms with Crippen LogP contribution in [0.15, 0.2) is 30.6 Å². The quantitative estimate of drug-likeness (QED) is 0.730. The summed E-state index contributed by atoms with van der Waals surface area (Å²) in [4.78, 5) is 40.6. The molecule has 1 aliphatic rings. The van der Waals surface area contributed by atoms with E-state index < -0.39 is 17.6 Å². The van der Waals surface area contributed by atoms with Gasteiger partial charge < -0.3 is 25.3 Å². The van der Waals surface area contributed by atoms with E-state index in [1.165, 1.54) is 6.33 Å². The zero-order valence-electron chi connectivity index (χ0n) is 16.9. The minimum atomic E-state index is -0.556. The maximum Gasteiger partial charge on any atom is 0.407 e. The number of anilines is 1. The summed E-state index contributed by atoms with van der Waals surface area (Å²) in [5, 5.41) is 8.22. The summed E-state index contributed by atoms with van der Waals surface area (Å²) in [5.74, 6) is -0.766. The van der Waals surface area contributed by atoms with Crippen LogP contribution in [0.4, 0.5) is 10.5 Å². The van der Waals surface area contributed by atoms with Crippen LogP contribution in [0.25, 0.3) is 0 Å². The molecular weight excluding hydrogens is 374 g/mol. The molecule has 0 bridgehead atoms. The predicted octanol–water partition coefficient (Wildman–Crippen LogP) is 2.29. The number of carbonyl (C=O) groups is 3. The lowest BCUT2D eigenvalue weighted by molar-refractivity contribution is 0.0523. The second-order valence-electron chi connectivity index (χ2n) is 7.98. The second kappa shape index (κ2) is 7.94. The first-order valence-corrected chi connectivity index (χ1v) is 9.35. The minimum absolute atomic E-state index is 0.0121. The van der Waals surface area contributed by atoms with Crippen molar-refractivity contribution in [1.82, 2.24) is 20.2 Å². The number of carbonyl (C=O) groups excluding carboxylic acids is 3. The maximum atomic E-state index is 12.6. The molecule has 2 heterocycles. The summed E-state index contributed by atoms with van der Waals surface area (Å²) in [6.45, 7) is 8.15. The molecule has 154 valence electrons. The molecule has 0 saturated heterocycles. The van der Waals surface area contributed by atoms with Crippen molar-refractivity contribution in [2.24, 2.45) is 0 Å². The summed E-state index contributed by atoms with van der Waals surface area (Å²) in [6.07, 6.45) is 1.01. The number of rotatable bonds is 4. The molecule has 1 aromatic carbocycles. The van der Waals surface area contributed by atoms with Crippen molar-refractivity contribution in [2.75, 3.05) is 5.32 Å². The summed E-state index contributed by atoms with van der Waals surface area (Å²) < 4.78 is 6.87. The number of hydrogen-bond acceptors (Lipinski definition) is 5. The highest BCUT2D eigenvalue weighted by Crippen LogP contribution is 2.16. The van der Waals surface area contributed by atoms with Crippen LogP contribution >= 0.6 is 0 Å². The number of fused-ring (bicyclic) bond motifs is 1. The van der Waals surface area contributed by atoms with Gasteiger partial charge in [0.25, 0.3) is 11.8 Å². The molecule has 1 atom stereocenters. The second-order valence-corrected chi connectivity index (χ2v) is 7.98. The van der Waals surface area contributed by atoms with Crippen molar-refractivity contribution in [3.05, 3.63) is 47.5 Å². The highest BCUT2D eigenvalue weighted by Gasteiger charge is 2.28. The number of hydrogen-bond donors (Lipinski definition) is 3. The summed E-state index contributed by atoms with van der Waals surface area (Å²) in [7, 11) is 0. The Bertz CT molecular complexity index is 927. The lowest BCUT2D eigenvalue weighted by atomic mass is 10.2. The average molecular weight is 399 g/mol. The van der Waals surface area contributed by atoms with E-state index in [1.807, 2.05) is 6.92 Å². The van der Waals surface area contributed by atoms with Crippen molar-refractivity contribution < 1.29 is 19.1 Å². The molecule has 2 aromatic rings. The number of amides is 3. The van der Waals surface area contributed by atoms with E-state index in [2.05, 4.69) is 20.9 Å². The molecule has 0 saturated carbocycles. The lowest BCUT2D eigenvalue weighted by Crippen LogP contribution is -2.42. The first kappa shape index (κ1) is 20.4. The van der Waals surface area contributed by atoms with Crippen LogP contribution in [0.1, 0.15) is 54.2 Å². The van der Waals surface area contributed by atoms with Gasteiger partial charge in [-0.2, -0.15) is 0 Å². The number of alkyl carbamates (subject to hydrolysis) is 1. The number of aromatic nitrogens is 2. The predicted molar refractivity (Wildman–Crippen MR) is 107 cm³/mol. The molecule has 3 rings (SSSR count). The lowest BCUT2D eigenvalue weighted by Gasteiger charge is -2.22. The van der Waals surface area contributed by atoms with Gasteiger partial charge in [-0.3, -0.25) is 9.59 Å². The topological polar surface area (TPSA) is 114 Å². The minimum Gasteiger partial charge on any atom is -0.444 e. The molecule has 0 fully saturated rings. The fourth-order valence-electron chi connectivity index (χ4n) is 2.94. The standard InChI is InChI=1S/C20H25N5O4/c1-12-10-25-11-22-15(16(25)18(27)23-12)17(26)24-14-7-5-13(6-8-14)9-21-19(28)29-20(2,3)4/h5-8,11-12H,9-10H2,1-4H3,(H,21,28)(H,23,27)(H,24,26)/t12-/m0/s1. The molecule has 3 N–H and O–H groups in total. The third kappa shape index (κ3) is 5.13. The summed E-state index contributed by atoms with van der Waals surface area (Å²) in [5.41, 5.74) is 1.20. The van der Waals surface area contributed by atoms with Gasteiger partial charge in [-0.1, -0.05) is 12.1 Å². The summed E-state index contributed by atoms with van der Waals surface area (Å²) in [6, 6.07) is 6.99. The largest absolute Gasteiger partial charge is 0.444 e. The van der Waals surface area contributed by atoms with Gasteiger partial charge in [0.1, 0.15) is 11.3 Å². The van der Waals surface area contributed by atoms with Crippen LogP contribution < -0.4 is 16.0 Å². The number of nitrogens with one attached hydrogen (secondary N) is 3. The molecule has 9 nitrogen and oxygen atoms in total. The van der Waals surface area contributed by atoms with Gasteiger partial charge in [-0.15, -0.1) is 0 Å². The normalized spacial score (nSPS) is 15.9. The maximum absolute atomic E-state index is 12.6. The highest BCUT2D eigenvalue weighted by molar-refractivity contribution is 6.10. The molecule has 9 heteroatoms. The summed E-state index contributed by atoms with van der Waals surface area (Å²) >= 11 is 0. The Labute approximate surface area is 168 Å². The van der Waals surface area contributed by atoms with Crippen molar-refractivity contribution in [3.63, 3.8) is 0 Å². The van der Waals surface area contributed by atoms with E-state index in [0.29, 0.717) is 18.8 Å². The smallest absolute Gasteiger partial charge is 0.407 e. The van der Waals surface area contributed by atoms with Crippen LogP contribution in [-0.2, 0) is 17.8 Å². The van der Waals surface area contributed by atoms with Gasteiger partial charge in [0.05, 0.1) is 6.33 Å². The van der Waals surface area contributed by atoms with Crippen LogP contribution in [0, 0.1) is 0 Å². The third-order valence-corrected chi connectivity index (χ3v) is 4.16. The van der Waals surface area contributed by atoms with Crippen LogP contribution in [0.3, 0.4) is 0 Å². The van der Waals surface area contributed by atoms with Crippen LogP contribution in [0.2, 0.25) is 0 Å². The van der Waals surface area contributed by atoms with Gasteiger partial charge >= 0.3 is 6.09 Å². The number of ether oxygens (including phenoxy) is 1. The Morgan fingerprint density at radius 3 is 2.62 bits per heavy atom. The van der Waals surface area contributed by atoms with E-state index in [9.17, 15) is 14.4 Å². The van der Waals surface area contributed by atoms with Crippen molar-refractivity contribution in [2.45, 2.75) is 52.4 Å². The molecule has 0 spiro atoms. The molecule has 0 unspecified atom stereocenters. The Kier molecular flexibility index (Phi) is 5.58. The van der Waals surface area contributed by atoms with Gasteiger partial charge in [-0.05, 0) is 45.4 Å². The number of nitrogens with zero attached hydrogens (tertiary/aromatic N) is 2. The monoisotopic (exact) mass is 399 g/mol. The Morgan fingerprint density at radius 2 is 1.97 bits per heavy atom. The van der Waals surface area contributed by atoms with Gasteiger partial charge in [0.15, 0.2) is 5.69 Å². The van der Waals surface area contributed by atoms with Gasteiger partial charge in [0.2, 0.25) is 0 Å². The third-order valence-electron chi connectivity index (χ3n) is 4.16. The Balaban J connectivity index is 1.60. The zero-order valence-corrected chi connectivity index (χ0v) is 16.9. The zero-order chi connectivity index (χ0) is 21.2. The highest BCUT2D eigenvalue weighted by atomic mass is 16.6. The van der Waals surface area contributed by atoms with Crippen LogP contribution in [0.5, 0.6) is 0 Å². The van der Waals surface area contributed by atoms with Crippen molar-refractivity contribution in [3.8, 4) is 0 Å². The molecule has 0 aliphatic carbocycles. The Morgan fingerprint density at radius 1 is 1.28 bits per heavy atom. The van der Waals surface area contributed by atoms with Gasteiger partial charge in [0, 0.05) is 24.8 Å². The van der Waals surface area contributed by atoms with Crippen molar-refractivity contribution in [1.29, 1.82) is 0 Å². The first-order chi connectivity index (χ1) is 13.6. The molecule has 3 amide bonds. The van der Waals surface area contributed by atoms with E-state index in [1.54, 1.807) is 49.6 Å². The number of imidazole rings is 1. The molecule has 1 aromatic heterocycles.